The molecule has 3 amide bonds. The third kappa shape index (κ3) is 6.78. The predicted molar refractivity (Wildman–Crippen MR) is 65.3 cm³/mol. The molecule has 2 atom stereocenters. The van der Waals surface area contributed by atoms with Crippen LogP contribution < -0.4 is 16.4 Å². The molecule has 0 saturated carbocycles. The third-order valence-corrected chi connectivity index (χ3v) is 2.40. The number of aliphatic hydroxyl groups excluding tert-OH is 1. The fraction of sp³-hybridized carbons (Fsp3) is 0.818. The molecule has 0 heterocycles. The van der Waals surface area contributed by atoms with Crippen LogP contribution in [-0.2, 0) is 4.79 Å². The largest absolute Gasteiger partial charge is 0.394 e. The van der Waals surface area contributed by atoms with Gasteiger partial charge in [-0.05, 0) is 18.8 Å². The van der Waals surface area contributed by atoms with E-state index in [4.69, 9.17) is 10.8 Å². The zero-order valence-electron chi connectivity index (χ0n) is 10.7. The maximum Gasteiger partial charge on any atom is 0.312 e. The molecule has 0 rings (SSSR count). The molecule has 0 fully saturated rings. The van der Waals surface area contributed by atoms with Gasteiger partial charge in [0.1, 0.15) is 6.04 Å². The van der Waals surface area contributed by atoms with Gasteiger partial charge in [-0.1, -0.05) is 20.8 Å². The van der Waals surface area contributed by atoms with Crippen molar-refractivity contribution in [3.8, 4) is 0 Å². The summed E-state index contributed by atoms with van der Waals surface area (Å²) in [5, 5.41) is 14.1. The van der Waals surface area contributed by atoms with Gasteiger partial charge in [0.05, 0.1) is 12.6 Å². The molecule has 0 spiro atoms. The van der Waals surface area contributed by atoms with Crippen LogP contribution in [0, 0.1) is 5.92 Å². The van der Waals surface area contributed by atoms with Gasteiger partial charge < -0.3 is 21.5 Å². The van der Waals surface area contributed by atoms with E-state index in [9.17, 15) is 9.59 Å². The first kappa shape index (κ1) is 15.7. The monoisotopic (exact) mass is 245 g/mol. The van der Waals surface area contributed by atoms with Crippen molar-refractivity contribution in [3.63, 3.8) is 0 Å². The van der Waals surface area contributed by atoms with Crippen molar-refractivity contribution in [1.82, 2.24) is 10.6 Å². The fourth-order valence-electron chi connectivity index (χ4n) is 1.45. The van der Waals surface area contributed by atoms with E-state index < -0.39 is 12.1 Å². The number of rotatable bonds is 7. The SMILES string of the molecule is CC[C@@H](CO)NC(=O)C(CC(C)C)NC(N)=O. The van der Waals surface area contributed by atoms with Gasteiger partial charge >= 0.3 is 6.03 Å². The van der Waals surface area contributed by atoms with Crippen molar-refractivity contribution in [2.24, 2.45) is 11.7 Å². The highest BCUT2D eigenvalue weighted by Crippen LogP contribution is 2.05. The maximum atomic E-state index is 11.8. The molecule has 0 aromatic heterocycles. The number of primary amides is 1. The van der Waals surface area contributed by atoms with E-state index in [-0.39, 0.29) is 24.5 Å². The topological polar surface area (TPSA) is 104 Å². The minimum atomic E-state index is -0.720. The first-order valence-corrected chi connectivity index (χ1v) is 5.87. The van der Waals surface area contributed by atoms with E-state index in [2.05, 4.69) is 10.6 Å². The van der Waals surface area contributed by atoms with E-state index in [0.29, 0.717) is 12.8 Å². The van der Waals surface area contributed by atoms with Crippen molar-refractivity contribution in [1.29, 1.82) is 0 Å². The molecule has 0 aliphatic carbocycles. The van der Waals surface area contributed by atoms with Crippen molar-refractivity contribution in [2.75, 3.05) is 6.61 Å². The van der Waals surface area contributed by atoms with E-state index in [1.54, 1.807) is 0 Å². The molecule has 1 unspecified atom stereocenters. The second-order valence-electron chi connectivity index (χ2n) is 4.49. The molecule has 0 aliphatic rings. The number of carbonyl (C=O) groups excluding carboxylic acids is 2. The third-order valence-electron chi connectivity index (χ3n) is 2.40. The van der Waals surface area contributed by atoms with Crippen molar-refractivity contribution < 1.29 is 14.7 Å². The van der Waals surface area contributed by atoms with Crippen LogP contribution in [0.5, 0.6) is 0 Å². The van der Waals surface area contributed by atoms with Crippen LogP contribution in [0.1, 0.15) is 33.6 Å². The minimum absolute atomic E-state index is 0.118. The van der Waals surface area contributed by atoms with E-state index in [1.165, 1.54) is 0 Å². The average molecular weight is 245 g/mol. The summed E-state index contributed by atoms with van der Waals surface area (Å²) >= 11 is 0. The molecule has 0 aromatic carbocycles. The molecular weight excluding hydrogens is 222 g/mol. The van der Waals surface area contributed by atoms with Crippen LogP contribution in [0.2, 0.25) is 0 Å². The molecule has 100 valence electrons. The van der Waals surface area contributed by atoms with Gasteiger partial charge in [-0.3, -0.25) is 4.79 Å². The van der Waals surface area contributed by atoms with Crippen LogP contribution in [0.3, 0.4) is 0 Å². The van der Waals surface area contributed by atoms with Crippen LogP contribution in [0.15, 0.2) is 0 Å². The van der Waals surface area contributed by atoms with Gasteiger partial charge in [-0.15, -0.1) is 0 Å². The average Bonchev–Trinajstić information content (AvgIpc) is 2.23. The summed E-state index contributed by atoms with van der Waals surface area (Å²) < 4.78 is 0. The summed E-state index contributed by atoms with van der Waals surface area (Å²) in [5.74, 6) is -0.0507. The molecular formula is C11H23N3O3. The number of hydrogen-bond donors (Lipinski definition) is 4. The van der Waals surface area contributed by atoms with Crippen molar-refractivity contribution in [2.45, 2.75) is 45.7 Å². The lowest BCUT2D eigenvalue weighted by Crippen LogP contribution is -2.52. The standard InChI is InChI=1S/C11H23N3O3/c1-4-8(6-15)13-10(16)9(5-7(2)3)14-11(12)17/h7-9,15H,4-6H2,1-3H3,(H,13,16)(H3,12,14,17)/t8-,9?/m0/s1. The Morgan fingerprint density at radius 2 is 1.88 bits per heavy atom. The lowest BCUT2D eigenvalue weighted by molar-refractivity contribution is -0.124. The van der Waals surface area contributed by atoms with Gasteiger partial charge in [-0.25, -0.2) is 4.79 Å². The Balaban J connectivity index is 4.45. The summed E-state index contributed by atoms with van der Waals surface area (Å²) in [6, 6.07) is -1.65. The Bertz CT molecular complexity index is 252. The zero-order chi connectivity index (χ0) is 13.4. The highest BCUT2D eigenvalue weighted by Gasteiger charge is 2.22. The molecule has 0 bridgehead atoms. The lowest BCUT2D eigenvalue weighted by atomic mass is 10.0. The van der Waals surface area contributed by atoms with Crippen LogP contribution in [0.25, 0.3) is 0 Å². The van der Waals surface area contributed by atoms with Gasteiger partial charge in [0.25, 0.3) is 0 Å². The van der Waals surface area contributed by atoms with E-state index in [0.717, 1.165) is 0 Å². The van der Waals surface area contributed by atoms with Gasteiger partial charge in [-0.2, -0.15) is 0 Å². The molecule has 17 heavy (non-hydrogen) atoms. The highest BCUT2D eigenvalue weighted by atomic mass is 16.3. The molecule has 6 heteroatoms. The highest BCUT2D eigenvalue weighted by molar-refractivity contribution is 5.86. The summed E-state index contributed by atoms with van der Waals surface area (Å²) in [5.41, 5.74) is 5.02. The van der Waals surface area contributed by atoms with E-state index >= 15 is 0 Å². The Morgan fingerprint density at radius 3 is 2.24 bits per heavy atom. The van der Waals surface area contributed by atoms with Crippen molar-refractivity contribution in [3.05, 3.63) is 0 Å². The second-order valence-corrected chi connectivity index (χ2v) is 4.49. The second kappa shape index (κ2) is 7.89. The van der Waals surface area contributed by atoms with Crippen LogP contribution in [0.4, 0.5) is 4.79 Å². The van der Waals surface area contributed by atoms with Gasteiger partial charge in [0.15, 0.2) is 0 Å². The summed E-state index contributed by atoms with van der Waals surface area (Å²) in [6.45, 7) is 5.64. The number of hydrogen-bond acceptors (Lipinski definition) is 3. The van der Waals surface area contributed by atoms with Gasteiger partial charge in [0, 0.05) is 0 Å². The number of nitrogens with one attached hydrogen (secondary N) is 2. The summed E-state index contributed by atoms with van der Waals surface area (Å²) in [7, 11) is 0. The smallest absolute Gasteiger partial charge is 0.312 e. The predicted octanol–water partition coefficient (Wildman–Crippen LogP) is -0.0435. The summed E-state index contributed by atoms with van der Waals surface area (Å²) in [4.78, 5) is 22.7. The maximum absolute atomic E-state index is 11.8. The van der Waals surface area contributed by atoms with Crippen LogP contribution in [-0.4, -0.2) is 35.7 Å². The molecule has 0 aromatic rings. The number of urea groups is 1. The Morgan fingerprint density at radius 1 is 1.29 bits per heavy atom. The van der Waals surface area contributed by atoms with Crippen LogP contribution >= 0.6 is 0 Å². The number of nitrogens with two attached hydrogens (primary N) is 1. The fourth-order valence-corrected chi connectivity index (χ4v) is 1.45. The Kier molecular flexibility index (Phi) is 7.29. The number of aliphatic hydroxyl groups is 1. The number of carbonyl (C=O) groups is 2. The first-order chi connectivity index (χ1) is 7.90. The van der Waals surface area contributed by atoms with Crippen molar-refractivity contribution >= 4 is 11.9 Å². The lowest BCUT2D eigenvalue weighted by Gasteiger charge is -2.22. The Labute approximate surface area is 102 Å². The molecule has 0 radical (unpaired) electrons. The van der Waals surface area contributed by atoms with E-state index in [1.807, 2.05) is 20.8 Å². The molecule has 0 aliphatic heterocycles. The molecule has 0 saturated heterocycles. The molecule has 5 N–H and O–H groups in total. The Hall–Kier alpha value is -1.30. The first-order valence-electron chi connectivity index (χ1n) is 5.87. The minimum Gasteiger partial charge on any atom is -0.394 e. The normalized spacial score (nSPS) is 14.2. The van der Waals surface area contributed by atoms with Gasteiger partial charge in [0.2, 0.25) is 5.91 Å². The number of amides is 3. The molecule has 6 nitrogen and oxygen atoms in total. The quantitative estimate of drug-likeness (QED) is 0.505. The summed E-state index contributed by atoms with van der Waals surface area (Å²) in [6.07, 6.45) is 1.14. The zero-order valence-corrected chi connectivity index (χ0v) is 10.7.